The summed E-state index contributed by atoms with van der Waals surface area (Å²) in [6.45, 7) is 4.82. The van der Waals surface area contributed by atoms with Crippen LogP contribution >= 0.6 is 11.8 Å². The van der Waals surface area contributed by atoms with Crippen molar-refractivity contribution in [2.75, 3.05) is 12.3 Å². The molecule has 1 aliphatic rings. The van der Waals surface area contributed by atoms with Crippen molar-refractivity contribution in [3.63, 3.8) is 0 Å². The number of carbonyl (C=O) groups excluding carboxylic acids is 2. The van der Waals surface area contributed by atoms with Crippen LogP contribution in [0.2, 0.25) is 0 Å². The molecule has 2 aromatic carbocycles. The highest BCUT2D eigenvalue weighted by atomic mass is 32.2. The fraction of sp³-hybridized carbons (Fsp3) is 0.333. The van der Waals surface area contributed by atoms with Gasteiger partial charge in [0.1, 0.15) is 6.04 Å². The molecule has 136 valence electrons. The second kappa shape index (κ2) is 8.41. The molecule has 0 fully saturated rings. The van der Waals surface area contributed by atoms with Gasteiger partial charge in [0.25, 0.3) is 0 Å². The van der Waals surface area contributed by atoms with E-state index in [1.807, 2.05) is 36.1 Å². The van der Waals surface area contributed by atoms with Crippen molar-refractivity contribution < 1.29 is 9.59 Å². The zero-order chi connectivity index (χ0) is 18.5. The molecule has 0 saturated carbocycles. The molecule has 1 heterocycles. The smallest absolute Gasteiger partial charge is 0.246 e. The zero-order valence-electron chi connectivity index (χ0n) is 15.2. The van der Waals surface area contributed by atoms with Crippen LogP contribution in [0.25, 0.3) is 0 Å². The lowest BCUT2D eigenvalue weighted by atomic mass is 9.99. The minimum Gasteiger partial charge on any atom is -0.344 e. The lowest BCUT2D eigenvalue weighted by Gasteiger charge is -2.32. The monoisotopic (exact) mass is 368 g/mol. The third-order valence-electron chi connectivity index (χ3n) is 4.56. The molecule has 26 heavy (non-hydrogen) atoms. The summed E-state index contributed by atoms with van der Waals surface area (Å²) in [7, 11) is 0. The van der Waals surface area contributed by atoms with Gasteiger partial charge in [-0.05, 0) is 36.6 Å². The standard InChI is InChI=1S/C21H24N2O2S/c1-15-7-9-19(10-8-15)26-14-20(22-16(2)24)21(25)23-12-11-17-5-3-4-6-18(17)13-23/h3-10,20H,11-14H2,1-2H3,(H,22,24). The van der Waals surface area contributed by atoms with Gasteiger partial charge >= 0.3 is 0 Å². The summed E-state index contributed by atoms with van der Waals surface area (Å²) < 4.78 is 0. The first-order valence-electron chi connectivity index (χ1n) is 8.85. The number of amides is 2. The predicted molar refractivity (Wildman–Crippen MR) is 105 cm³/mol. The van der Waals surface area contributed by atoms with Crippen LogP contribution < -0.4 is 5.32 Å². The number of rotatable bonds is 5. The molecule has 5 heteroatoms. The van der Waals surface area contributed by atoms with Gasteiger partial charge in [-0.3, -0.25) is 9.59 Å². The van der Waals surface area contributed by atoms with Gasteiger partial charge in [-0.25, -0.2) is 0 Å². The summed E-state index contributed by atoms with van der Waals surface area (Å²) in [4.78, 5) is 27.6. The average Bonchev–Trinajstić information content (AvgIpc) is 2.65. The van der Waals surface area contributed by atoms with E-state index in [2.05, 4.69) is 29.6 Å². The van der Waals surface area contributed by atoms with Crippen LogP contribution in [0.5, 0.6) is 0 Å². The van der Waals surface area contributed by atoms with Crippen LogP contribution in [0.15, 0.2) is 53.4 Å². The Labute approximate surface area is 159 Å². The molecule has 0 saturated heterocycles. The Hall–Kier alpha value is -2.27. The van der Waals surface area contributed by atoms with E-state index in [4.69, 9.17) is 0 Å². The molecule has 0 aromatic heterocycles. The van der Waals surface area contributed by atoms with Crippen molar-refractivity contribution in [2.24, 2.45) is 0 Å². The summed E-state index contributed by atoms with van der Waals surface area (Å²) in [5.41, 5.74) is 3.71. The quantitative estimate of drug-likeness (QED) is 0.825. The van der Waals surface area contributed by atoms with Crippen molar-refractivity contribution in [1.82, 2.24) is 10.2 Å². The highest BCUT2D eigenvalue weighted by molar-refractivity contribution is 7.99. The van der Waals surface area contributed by atoms with Crippen molar-refractivity contribution in [3.8, 4) is 0 Å². The summed E-state index contributed by atoms with van der Waals surface area (Å²) in [5, 5.41) is 2.83. The maximum absolute atomic E-state index is 13.0. The number of benzene rings is 2. The summed E-state index contributed by atoms with van der Waals surface area (Å²) in [6.07, 6.45) is 0.861. The fourth-order valence-electron chi connectivity index (χ4n) is 3.14. The second-order valence-electron chi connectivity index (χ2n) is 6.66. The lowest BCUT2D eigenvalue weighted by molar-refractivity contribution is -0.136. The minimum absolute atomic E-state index is 0.00526. The summed E-state index contributed by atoms with van der Waals surface area (Å²) >= 11 is 1.59. The first-order chi connectivity index (χ1) is 12.5. The Kier molecular flexibility index (Phi) is 5.99. The van der Waals surface area contributed by atoms with E-state index < -0.39 is 6.04 Å². The van der Waals surface area contributed by atoms with Gasteiger partial charge in [-0.2, -0.15) is 0 Å². The minimum atomic E-state index is -0.510. The Morgan fingerprint density at radius 3 is 2.50 bits per heavy atom. The third kappa shape index (κ3) is 4.67. The van der Waals surface area contributed by atoms with Gasteiger partial charge in [0.15, 0.2) is 0 Å². The molecule has 2 aromatic rings. The fourth-order valence-corrected chi connectivity index (χ4v) is 4.05. The molecule has 1 N–H and O–H groups in total. The van der Waals surface area contributed by atoms with Crippen LogP contribution in [0.1, 0.15) is 23.6 Å². The van der Waals surface area contributed by atoms with Crippen LogP contribution in [0, 0.1) is 6.92 Å². The number of carbonyl (C=O) groups is 2. The molecule has 0 radical (unpaired) electrons. The Balaban J connectivity index is 1.67. The molecule has 1 aliphatic heterocycles. The molecule has 1 unspecified atom stereocenters. The number of aryl methyl sites for hydroxylation is 1. The van der Waals surface area contributed by atoms with Crippen LogP contribution in [-0.2, 0) is 22.6 Å². The van der Waals surface area contributed by atoms with E-state index in [1.54, 1.807) is 11.8 Å². The first-order valence-corrected chi connectivity index (χ1v) is 9.83. The molecular formula is C21H24N2O2S. The normalized spacial score (nSPS) is 14.5. The van der Waals surface area contributed by atoms with E-state index in [1.165, 1.54) is 23.6 Å². The highest BCUT2D eigenvalue weighted by Gasteiger charge is 2.27. The number of nitrogens with zero attached hydrogens (tertiary/aromatic N) is 1. The maximum atomic E-state index is 13.0. The molecule has 0 aliphatic carbocycles. The van der Waals surface area contributed by atoms with E-state index in [9.17, 15) is 9.59 Å². The van der Waals surface area contributed by atoms with Crippen LogP contribution in [0.3, 0.4) is 0 Å². The predicted octanol–water partition coefficient (Wildman–Crippen LogP) is 3.18. The van der Waals surface area contributed by atoms with Crippen molar-refractivity contribution in [3.05, 3.63) is 65.2 Å². The Morgan fingerprint density at radius 2 is 1.81 bits per heavy atom. The lowest BCUT2D eigenvalue weighted by Crippen LogP contribution is -2.50. The van der Waals surface area contributed by atoms with Gasteiger partial charge in [0, 0.05) is 30.7 Å². The summed E-state index contributed by atoms with van der Waals surface area (Å²) in [5.74, 6) is 0.346. The number of nitrogens with one attached hydrogen (secondary N) is 1. The Bertz CT molecular complexity index is 789. The number of fused-ring (bicyclic) bond motifs is 1. The Morgan fingerprint density at radius 1 is 1.12 bits per heavy atom. The maximum Gasteiger partial charge on any atom is 0.246 e. The third-order valence-corrected chi connectivity index (χ3v) is 5.66. The topological polar surface area (TPSA) is 49.4 Å². The van der Waals surface area contributed by atoms with Gasteiger partial charge in [0.2, 0.25) is 11.8 Å². The largest absolute Gasteiger partial charge is 0.344 e. The molecule has 0 spiro atoms. The molecule has 2 amide bonds. The van der Waals surface area contributed by atoms with Crippen LogP contribution in [-0.4, -0.2) is 35.1 Å². The van der Waals surface area contributed by atoms with Gasteiger partial charge < -0.3 is 10.2 Å². The van der Waals surface area contributed by atoms with E-state index in [0.717, 1.165) is 11.3 Å². The SMILES string of the molecule is CC(=O)NC(CSc1ccc(C)cc1)C(=O)N1CCc2ccccc2C1. The number of hydrogen-bond donors (Lipinski definition) is 1. The van der Waals surface area contributed by atoms with E-state index in [-0.39, 0.29) is 11.8 Å². The number of hydrogen-bond acceptors (Lipinski definition) is 3. The highest BCUT2D eigenvalue weighted by Crippen LogP contribution is 2.22. The molecule has 0 bridgehead atoms. The van der Waals surface area contributed by atoms with Gasteiger partial charge in [-0.15, -0.1) is 11.8 Å². The molecular weight excluding hydrogens is 344 g/mol. The van der Waals surface area contributed by atoms with Crippen LogP contribution in [0.4, 0.5) is 0 Å². The second-order valence-corrected chi connectivity index (χ2v) is 7.75. The number of thioether (sulfide) groups is 1. The molecule has 1 atom stereocenters. The van der Waals surface area contributed by atoms with Crippen molar-refractivity contribution in [1.29, 1.82) is 0 Å². The molecule has 3 rings (SSSR count). The first kappa shape index (κ1) is 18.5. The van der Waals surface area contributed by atoms with Crippen molar-refractivity contribution in [2.45, 2.75) is 37.8 Å². The van der Waals surface area contributed by atoms with E-state index >= 15 is 0 Å². The van der Waals surface area contributed by atoms with Gasteiger partial charge in [-0.1, -0.05) is 42.0 Å². The summed E-state index contributed by atoms with van der Waals surface area (Å²) in [6, 6.07) is 15.9. The van der Waals surface area contributed by atoms with E-state index in [0.29, 0.717) is 18.8 Å². The van der Waals surface area contributed by atoms with Crippen molar-refractivity contribution >= 4 is 23.6 Å². The van der Waals surface area contributed by atoms with Gasteiger partial charge in [0.05, 0.1) is 0 Å². The molecule has 4 nitrogen and oxygen atoms in total. The zero-order valence-corrected chi connectivity index (χ0v) is 16.0. The average molecular weight is 369 g/mol.